The lowest BCUT2D eigenvalue weighted by Crippen LogP contribution is -2.30. The summed E-state index contributed by atoms with van der Waals surface area (Å²) in [6.07, 6.45) is 0. The minimum Gasteiger partial charge on any atom is -0.507 e. The number of halogens is 1. The molecule has 0 aromatic heterocycles. The molecule has 5 nitrogen and oxygen atoms in total. The Bertz CT molecular complexity index is 433. The van der Waals surface area contributed by atoms with Gasteiger partial charge in [0.15, 0.2) is 0 Å². The van der Waals surface area contributed by atoms with Gasteiger partial charge >= 0.3 is 5.97 Å². The van der Waals surface area contributed by atoms with Gasteiger partial charge in [0.25, 0.3) is 5.91 Å². The molecule has 1 rings (SSSR count). The van der Waals surface area contributed by atoms with Crippen LogP contribution in [0, 0.1) is 5.82 Å². The van der Waals surface area contributed by atoms with Crippen molar-refractivity contribution in [3.05, 3.63) is 29.6 Å². The van der Waals surface area contributed by atoms with Gasteiger partial charge in [0.05, 0.1) is 12.2 Å². The van der Waals surface area contributed by atoms with Gasteiger partial charge in [-0.25, -0.2) is 4.39 Å². The number of benzene rings is 1. The molecule has 0 bridgehead atoms. The number of phenolic OH excluding ortho intramolecular Hbond substituents is 1. The topological polar surface area (TPSA) is 75.6 Å². The number of esters is 1. The van der Waals surface area contributed by atoms with Gasteiger partial charge in [-0.1, -0.05) is 0 Å². The number of amides is 1. The van der Waals surface area contributed by atoms with Crippen LogP contribution in [-0.2, 0) is 9.53 Å². The Morgan fingerprint density at radius 3 is 2.82 bits per heavy atom. The quantitative estimate of drug-likeness (QED) is 0.765. The molecular formula is C11H12FNO4. The molecule has 0 atom stereocenters. The molecule has 0 aliphatic carbocycles. The molecule has 0 radical (unpaired) electrons. The van der Waals surface area contributed by atoms with Gasteiger partial charge in [-0.3, -0.25) is 9.59 Å². The lowest BCUT2D eigenvalue weighted by molar-refractivity contribution is -0.141. The fourth-order valence-electron chi connectivity index (χ4n) is 1.15. The van der Waals surface area contributed by atoms with Crippen LogP contribution < -0.4 is 5.32 Å². The van der Waals surface area contributed by atoms with Gasteiger partial charge in [-0.2, -0.15) is 0 Å². The van der Waals surface area contributed by atoms with Crippen LogP contribution >= 0.6 is 0 Å². The molecule has 92 valence electrons. The molecule has 0 heterocycles. The monoisotopic (exact) mass is 241 g/mol. The third-order valence-corrected chi connectivity index (χ3v) is 1.90. The largest absolute Gasteiger partial charge is 0.507 e. The van der Waals surface area contributed by atoms with Gasteiger partial charge in [-0.15, -0.1) is 0 Å². The Labute approximate surface area is 97.2 Å². The van der Waals surface area contributed by atoms with Crippen LogP contribution in [0.1, 0.15) is 17.3 Å². The molecule has 0 saturated carbocycles. The average molecular weight is 241 g/mol. The van der Waals surface area contributed by atoms with Crippen LogP contribution in [0.4, 0.5) is 4.39 Å². The molecule has 2 N–H and O–H groups in total. The van der Waals surface area contributed by atoms with Crippen molar-refractivity contribution in [1.29, 1.82) is 0 Å². The summed E-state index contributed by atoms with van der Waals surface area (Å²) in [5.74, 6) is -2.34. The first-order valence-corrected chi connectivity index (χ1v) is 4.97. The second kappa shape index (κ2) is 5.83. The summed E-state index contributed by atoms with van der Waals surface area (Å²) in [4.78, 5) is 22.4. The molecule has 17 heavy (non-hydrogen) atoms. The standard InChI is InChI=1S/C11H12FNO4/c1-2-17-10(15)6-13-11(16)8-5-7(12)3-4-9(8)14/h3-5,14H,2,6H2,1H3,(H,13,16). The lowest BCUT2D eigenvalue weighted by atomic mass is 10.2. The number of carbonyl (C=O) groups excluding carboxylic acids is 2. The van der Waals surface area contributed by atoms with Gasteiger partial charge in [0.2, 0.25) is 0 Å². The SMILES string of the molecule is CCOC(=O)CNC(=O)c1cc(F)ccc1O. The first-order valence-electron chi connectivity index (χ1n) is 4.97. The third-order valence-electron chi connectivity index (χ3n) is 1.90. The Morgan fingerprint density at radius 1 is 1.47 bits per heavy atom. The van der Waals surface area contributed by atoms with Crippen LogP contribution in [0.25, 0.3) is 0 Å². The normalized spacial score (nSPS) is 9.76. The van der Waals surface area contributed by atoms with Crippen molar-refractivity contribution in [3.63, 3.8) is 0 Å². The smallest absolute Gasteiger partial charge is 0.325 e. The molecule has 0 unspecified atom stereocenters. The van der Waals surface area contributed by atoms with Crippen LogP contribution in [0.15, 0.2) is 18.2 Å². The first kappa shape index (κ1) is 13.0. The van der Waals surface area contributed by atoms with Gasteiger partial charge in [0.1, 0.15) is 18.1 Å². The zero-order valence-corrected chi connectivity index (χ0v) is 9.20. The van der Waals surface area contributed by atoms with E-state index < -0.39 is 17.7 Å². The number of carbonyl (C=O) groups is 2. The second-order valence-corrected chi connectivity index (χ2v) is 3.15. The van der Waals surface area contributed by atoms with Crippen LogP contribution in [0.5, 0.6) is 5.75 Å². The minimum absolute atomic E-state index is 0.208. The Hall–Kier alpha value is -2.11. The number of nitrogens with one attached hydrogen (secondary N) is 1. The van der Waals surface area contributed by atoms with E-state index in [-0.39, 0.29) is 24.5 Å². The Kier molecular flexibility index (Phi) is 4.45. The van der Waals surface area contributed by atoms with Crippen LogP contribution in [-0.4, -0.2) is 30.1 Å². The van der Waals surface area contributed by atoms with E-state index >= 15 is 0 Å². The van der Waals surface area contributed by atoms with Crippen molar-refractivity contribution in [2.75, 3.05) is 13.2 Å². The van der Waals surface area contributed by atoms with E-state index in [1.54, 1.807) is 6.92 Å². The van der Waals surface area contributed by atoms with Crippen LogP contribution in [0.3, 0.4) is 0 Å². The maximum atomic E-state index is 12.8. The summed E-state index contributed by atoms with van der Waals surface area (Å²) in [7, 11) is 0. The number of hydrogen-bond donors (Lipinski definition) is 2. The first-order chi connectivity index (χ1) is 8.04. The predicted molar refractivity (Wildman–Crippen MR) is 57.0 cm³/mol. The third kappa shape index (κ3) is 3.75. The zero-order chi connectivity index (χ0) is 12.8. The van der Waals surface area contributed by atoms with E-state index in [0.717, 1.165) is 18.2 Å². The maximum absolute atomic E-state index is 12.8. The van der Waals surface area contributed by atoms with Crippen molar-refractivity contribution in [2.45, 2.75) is 6.92 Å². The van der Waals surface area contributed by atoms with E-state index in [9.17, 15) is 19.1 Å². The second-order valence-electron chi connectivity index (χ2n) is 3.15. The van der Waals surface area contributed by atoms with Crippen molar-refractivity contribution >= 4 is 11.9 Å². The molecule has 1 amide bonds. The van der Waals surface area contributed by atoms with Gasteiger partial charge in [-0.05, 0) is 25.1 Å². The maximum Gasteiger partial charge on any atom is 0.325 e. The molecule has 6 heteroatoms. The summed E-state index contributed by atoms with van der Waals surface area (Å²) in [6.45, 7) is 1.51. The highest BCUT2D eigenvalue weighted by Gasteiger charge is 2.13. The molecule has 1 aromatic rings. The number of aromatic hydroxyl groups is 1. The van der Waals surface area contributed by atoms with E-state index in [1.807, 2.05) is 0 Å². The summed E-state index contributed by atoms with van der Waals surface area (Å²) in [5.41, 5.74) is -0.228. The zero-order valence-electron chi connectivity index (χ0n) is 9.20. The minimum atomic E-state index is -0.741. The Morgan fingerprint density at radius 2 is 2.18 bits per heavy atom. The number of hydrogen-bond acceptors (Lipinski definition) is 4. The highest BCUT2D eigenvalue weighted by molar-refractivity contribution is 5.98. The molecular weight excluding hydrogens is 229 g/mol. The average Bonchev–Trinajstić information content (AvgIpc) is 2.29. The summed E-state index contributed by atoms with van der Waals surface area (Å²) in [6, 6.07) is 2.97. The molecule has 0 fully saturated rings. The fourth-order valence-corrected chi connectivity index (χ4v) is 1.15. The molecule has 0 aliphatic rings. The predicted octanol–water partition coefficient (Wildman–Crippen LogP) is 0.824. The van der Waals surface area contributed by atoms with Crippen LogP contribution in [0.2, 0.25) is 0 Å². The van der Waals surface area contributed by atoms with Crippen molar-refractivity contribution in [1.82, 2.24) is 5.32 Å². The van der Waals surface area contributed by atoms with Crippen molar-refractivity contribution < 1.29 is 23.8 Å². The summed E-state index contributed by atoms with van der Waals surface area (Å²) in [5, 5.41) is 11.5. The van der Waals surface area contributed by atoms with E-state index in [4.69, 9.17) is 0 Å². The lowest BCUT2D eigenvalue weighted by Gasteiger charge is -2.06. The summed E-state index contributed by atoms with van der Waals surface area (Å²) < 4.78 is 17.4. The highest BCUT2D eigenvalue weighted by Crippen LogP contribution is 2.17. The number of rotatable bonds is 4. The number of ether oxygens (including phenoxy) is 1. The van der Waals surface area contributed by atoms with E-state index in [2.05, 4.69) is 10.1 Å². The van der Waals surface area contributed by atoms with Gasteiger partial charge < -0.3 is 15.2 Å². The molecule has 0 saturated heterocycles. The fraction of sp³-hybridized carbons (Fsp3) is 0.273. The van der Waals surface area contributed by atoms with Crippen molar-refractivity contribution in [3.8, 4) is 5.75 Å². The summed E-state index contributed by atoms with van der Waals surface area (Å²) >= 11 is 0. The van der Waals surface area contributed by atoms with Gasteiger partial charge in [0, 0.05) is 0 Å². The molecule has 0 spiro atoms. The highest BCUT2D eigenvalue weighted by atomic mass is 19.1. The number of phenols is 1. The van der Waals surface area contributed by atoms with E-state index in [0.29, 0.717) is 0 Å². The molecule has 0 aliphatic heterocycles. The Balaban J connectivity index is 2.64. The van der Waals surface area contributed by atoms with E-state index in [1.165, 1.54) is 0 Å². The van der Waals surface area contributed by atoms with Crippen molar-refractivity contribution in [2.24, 2.45) is 0 Å². The molecule has 1 aromatic carbocycles.